The lowest BCUT2D eigenvalue weighted by Crippen LogP contribution is -2.26. The second-order valence-corrected chi connectivity index (χ2v) is 4.33. The van der Waals surface area contributed by atoms with Gasteiger partial charge in [-0.2, -0.15) is 5.10 Å². The molecule has 1 aliphatic heterocycles. The van der Waals surface area contributed by atoms with Gasteiger partial charge in [0.05, 0.1) is 5.71 Å². The Balaban J connectivity index is 2.38. The fourth-order valence-corrected chi connectivity index (χ4v) is 2.06. The molecule has 4 heteroatoms. The van der Waals surface area contributed by atoms with Crippen molar-refractivity contribution in [3.05, 3.63) is 34.9 Å². The average Bonchev–Trinajstić information content (AvgIpc) is 2.28. The van der Waals surface area contributed by atoms with Crippen molar-refractivity contribution in [2.75, 3.05) is 0 Å². The van der Waals surface area contributed by atoms with Crippen LogP contribution >= 0.6 is 11.6 Å². The van der Waals surface area contributed by atoms with Gasteiger partial charge in [0.25, 0.3) is 0 Å². The molecule has 84 valence electrons. The number of nitrogens with two attached hydrogens (primary N) is 1. The first-order valence-corrected chi connectivity index (χ1v) is 5.74. The first kappa shape index (κ1) is 11.1. The normalized spacial score (nSPS) is 20.2. The van der Waals surface area contributed by atoms with E-state index < -0.39 is 0 Å². The van der Waals surface area contributed by atoms with Gasteiger partial charge in [-0.15, -0.1) is 5.10 Å². The van der Waals surface area contributed by atoms with E-state index >= 15 is 0 Å². The fourth-order valence-electron chi connectivity index (χ4n) is 1.87. The lowest BCUT2D eigenvalue weighted by Gasteiger charge is -2.19. The standard InChI is InChI=1S/C12H14ClN3/c1-2-8-7-11(14)15-16-12(8)9-4-3-5-10(13)6-9/h3-6,8H,2,7H2,1H3,(H2,14,15). The highest BCUT2D eigenvalue weighted by Gasteiger charge is 2.21. The second kappa shape index (κ2) is 4.66. The smallest absolute Gasteiger partial charge is 0.123 e. The van der Waals surface area contributed by atoms with Crippen LogP contribution in [0.1, 0.15) is 25.3 Å². The quantitative estimate of drug-likeness (QED) is 0.842. The lowest BCUT2D eigenvalue weighted by molar-refractivity contribution is 0.677. The van der Waals surface area contributed by atoms with E-state index in [9.17, 15) is 0 Å². The minimum absolute atomic E-state index is 0.343. The van der Waals surface area contributed by atoms with Crippen molar-refractivity contribution in [1.29, 1.82) is 0 Å². The summed E-state index contributed by atoms with van der Waals surface area (Å²) in [5, 5.41) is 8.87. The van der Waals surface area contributed by atoms with Crippen LogP contribution < -0.4 is 5.73 Å². The van der Waals surface area contributed by atoms with Crippen molar-refractivity contribution < 1.29 is 0 Å². The van der Waals surface area contributed by atoms with Gasteiger partial charge in [0.15, 0.2) is 0 Å². The van der Waals surface area contributed by atoms with E-state index in [-0.39, 0.29) is 0 Å². The molecule has 1 atom stereocenters. The summed E-state index contributed by atoms with van der Waals surface area (Å²) >= 11 is 5.97. The number of benzene rings is 1. The first-order valence-electron chi connectivity index (χ1n) is 5.36. The highest BCUT2D eigenvalue weighted by molar-refractivity contribution is 6.31. The molecule has 1 unspecified atom stereocenters. The van der Waals surface area contributed by atoms with Crippen LogP contribution in [0.2, 0.25) is 5.02 Å². The van der Waals surface area contributed by atoms with Gasteiger partial charge in [-0.1, -0.05) is 30.7 Å². The Bertz CT molecular complexity index is 451. The molecule has 1 aromatic rings. The number of hydrogen-bond acceptors (Lipinski definition) is 3. The molecule has 0 spiro atoms. The molecule has 2 rings (SSSR count). The van der Waals surface area contributed by atoms with Gasteiger partial charge in [0, 0.05) is 17.4 Å². The molecule has 0 aromatic heterocycles. The summed E-state index contributed by atoms with van der Waals surface area (Å²) in [6.07, 6.45) is 1.78. The fraction of sp³-hybridized carbons (Fsp3) is 0.333. The minimum atomic E-state index is 0.343. The largest absolute Gasteiger partial charge is 0.386 e. The topological polar surface area (TPSA) is 50.7 Å². The highest BCUT2D eigenvalue weighted by Crippen LogP contribution is 2.22. The molecule has 0 saturated carbocycles. The van der Waals surface area contributed by atoms with E-state index in [1.54, 1.807) is 0 Å². The zero-order chi connectivity index (χ0) is 11.5. The first-order chi connectivity index (χ1) is 7.70. The van der Waals surface area contributed by atoms with Crippen molar-refractivity contribution in [3.8, 4) is 0 Å². The molecule has 0 saturated heterocycles. The summed E-state index contributed by atoms with van der Waals surface area (Å²) in [6, 6.07) is 7.70. The minimum Gasteiger partial charge on any atom is -0.386 e. The van der Waals surface area contributed by atoms with Crippen molar-refractivity contribution >= 4 is 23.1 Å². The molecule has 16 heavy (non-hydrogen) atoms. The zero-order valence-corrected chi connectivity index (χ0v) is 9.91. The van der Waals surface area contributed by atoms with E-state index in [1.165, 1.54) is 0 Å². The van der Waals surface area contributed by atoms with E-state index in [2.05, 4.69) is 17.1 Å². The second-order valence-electron chi connectivity index (χ2n) is 3.90. The molecule has 0 aliphatic carbocycles. The van der Waals surface area contributed by atoms with Crippen LogP contribution in [-0.4, -0.2) is 11.5 Å². The van der Waals surface area contributed by atoms with Gasteiger partial charge in [-0.25, -0.2) is 0 Å². The maximum atomic E-state index is 5.97. The predicted molar refractivity (Wildman–Crippen MR) is 68.0 cm³/mol. The van der Waals surface area contributed by atoms with Gasteiger partial charge in [0.1, 0.15) is 5.84 Å². The van der Waals surface area contributed by atoms with Gasteiger partial charge in [-0.05, 0) is 24.1 Å². The third-order valence-corrected chi connectivity index (χ3v) is 2.98. The van der Waals surface area contributed by atoms with E-state index in [0.29, 0.717) is 11.8 Å². The molecule has 1 heterocycles. The van der Waals surface area contributed by atoms with Crippen molar-refractivity contribution in [2.45, 2.75) is 19.8 Å². The number of hydrogen-bond donors (Lipinski definition) is 1. The van der Waals surface area contributed by atoms with Crippen LogP contribution in [0.15, 0.2) is 34.5 Å². The number of rotatable bonds is 2. The van der Waals surface area contributed by atoms with Gasteiger partial charge < -0.3 is 5.73 Å². The van der Waals surface area contributed by atoms with Crippen LogP contribution in [0.25, 0.3) is 0 Å². The van der Waals surface area contributed by atoms with Crippen molar-refractivity contribution in [1.82, 2.24) is 0 Å². The monoisotopic (exact) mass is 235 g/mol. The van der Waals surface area contributed by atoms with Gasteiger partial charge in [0.2, 0.25) is 0 Å². The number of halogens is 1. The van der Waals surface area contributed by atoms with Crippen LogP contribution in [-0.2, 0) is 0 Å². The molecule has 3 nitrogen and oxygen atoms in total. The Hall–Kier alpha value is -1.35. The third-order valence-electron chi connectivity index (χ3n) is 2.74. The SMILES string of the molecule is CCC1CC(N)=NN=C1c1cccc(Cl)c1. The summed E-state index contributed by atoms with van der Waals surface area (Å²) in [4.78, 5) is 0. The van der Waals surface area contributed by atoms with Crippen molar-refractivity contribution in [2.24, 2.45) is 21.9 Å². The molecule has 0 radical (unpaired) electrons. The Morgan fingerprint density at radius 1 is 1.44 bits per heavy atom. The molecule has 2 N–H and O–H groups in total. The molecule has 1 aliphatic rings. The summed E-state index contributed by atoms with van der Waals surface area (Å²) in [7, 11) is 0. The van der Waals surface area contributed by atoms with E-state index in [0.717, 1.165) is 29.1 Å². The van der Waals surface area contributed by atoms with E-state index in [1.807, 2.05) is 24.3 Å². The maximum absolute atomic E-state index is 5.97. The Morgan fingerprint density at radius 2 is 2.25 bits per heavy atom. The Morgan fingerprint density at radius 3 is 2.94 bits per heavy atom. The molecular weight excluding hydrogens is 222 g/mol. The maximum Gasteiger partial charge on any atom is 0.123 e. The molecule has 0 fully saturated rings. The third kappa shape index (κ3) is 2.25. The number of amidine groups is 1. The Labute approximate surface area is 100 Å². The summed E-state index contributed by atoms with van der Waals surface area (Å²) in [6.45, 7) is 2.13. The van der Waals surface area contributed by atoms with Crippen LogP contribution in [0.3, 0.4) is 0 Å². The van der Waals surface area contributed by atoms with Gasteiger partial charge in [-0.3, -0.25) is 0 Å². The summed E-state index contributed by atoms with van der Waals surface area (Å²) < 4.78 is 0. The summed E-state index contributed by atoms with van der Waals surface area (Å²) in [5.74, 6) is 0.952. The predicted octanol–water partition coefficient (Wildman–Crippen LogP) is 2.83. The van der Waals surface area contributed by atoms with Crippen LogP contribution in [0.5, 0.6) is 0 Å². The lowest BCUT2D eigenvalue weighted by atomic mass is 9.90. The number of nitrogens with zero attached hydrogens (tertiary/aromatic N) is 2. The average molecular weight is 236 g/mol. The van der Waals surface area contributed by atoms with Crippen molar-refractivity contribution in [3.63, 3.8) is 0 Å². The van der Waals surface area contributed by atoms with Gasteiger partial charge >= 0.3 is 0 Å². The van der Waals surface area contributed by atoms with Crippen LogP contribution in [0.4, 0.5) is 0 Å². The molecular formula is C12H14ClN3. The molecule has 0 bridgehead atoms. The van der Waals surface area contributed by atoms with Crippen LogP contribution in [0, 0.1) is 5.92 Å². The van der Waals surface area contributed by atoms with E-state index in [4.69, 9.17) is 17.3 Å². The summed E-state index contributed by atoms with van der Waals surface area (Å²) in [5.41, 5.74) is 7.71. The Kier molecular flexibility index (Phi) is 3.25. The molecule has 1 aromatic carbocycles. The molecule has 0 amide bonds. The highest BCUT2D eigenvalue weighted by atomic mass is 35.5. The zero-order valence-electron chi connectivity index (χ0n) is 9.15.